The van der Waals surface area contributed by atoms with E-state index in [0.29, 0.717) is 13.0 Å². The topological polar surface area (TPSA) is 69.7 Å². The number of hydrogen-bond acceptors (Lipinski definition) is 5. The number of carbonyl (C=O) groups is 3. The third-order valence-electron chi connectivity index (χ3n) is 5.95. The average molecular weight is 346 g/mol. The van der Waals surface area contributed by atoms with Gasteiger partial charge in [-0.15, -0.1) is 0 Å². The number of ether oxygens (including phenoxy) is 2. The van der Waals surface area contributed by atoms with Gasteiger partial charge in [0.05, 0.1) is 18.8 Å². The van der Waals surface area contributed by atoms with E-state index < -0.39 is 5.60 Å². The van der Waals surface area contributed by atoms with Gasteiger partial charge < -0.3 is 9.47 Å². The van der Waals surface area contributed by atoms with Crippen molar-refractivity contribution in [1.82, 2.24) is 0 Å². The zero-order chi connectivity index (χ0) is 18.4. The van der Waals surface area contributed by atoms with E-state index in [1.54, 1.807) is 19.1 Å². The molecule has 0 amide bonds. The van der Waals surface area contributed by atoms with Crippen LogP contribution in [0, 0.1) is 23.7 Å². The highest BCUT2D eigenvalue weighted by Gasteiger charge is 2.60. The van der Waals surface area contributed by atoms with Crippen molar-refractivity contribution in [3.8, 4) is 0 Å². The molecule has 0 N–H and O–H groups in total. The molecule has 0 saturated carbocycles. The lowest BCUT2D eigenvalue weighted by atomic mass is 9.63. The first kappa shape index (κ1) is 18.2. The van der Waals surface area contributed by atoms with Crippen LogP contribution in [0.5, 0.6) is 0 Å². The molecule has 2 fully saturated rings. The van der Waals surface area contributed by atoms with Crippen LogP contribution in [0.1, 0.15) is 34.1 Å². The second-order valence-corrected chi connectivity index (χ2v) is 7.89. The molecule has 1 aliphatic carbocycles. The van der Waals surface area contributed by atoms with Gasteiger partial charge in [0, 0.05) is 24.2 Å². The Labute approximate surface area is 148 Å². The molecule has 3 rings (SSSR count). The van der Waals surface area contributed by atoms with Crippen molar-refractivity contribution in [2.75, 3.05) is 6.61 Å². The highest BCUT2D eigenvalue weighted by molar-refractivity contribution is 5.94. The monoisotopic (exact) mass is 346 g/mol. The van der Waals surface area contributed by atoms with Crippen LogP contribution < -0.4 is 0 Å². The van der Waals surface area contributed by atoms with Gasteiger partial charge in [-0.25, -0.2) is 0 Å². The Balaban J connectivity index is 2.09. The van der Waals surface area contributed by atoms with E-state index in [1.807, 2.05) is 20.8 Å². The lowest BCUT2D eigenvalue weighted by molar-refractivity contribution is -0.127. The molecule has 5 heteroatoms. The minimum absolute atomic E-state index is 0.0321. The first-order chi connectivity index (χ1) is 11.8. The average Bonchev–Trinajstić information content (AvgIpc) is 2.85. The summed E-state index contributed by atoms with van der Waals surface area (Å²) in [5.41, 5.74) is 0.187. The van der Waals surface area contributed by atoms with Gasteiger partial charge in [-0.05, 0) is 44.9 Å². The van der Waals surface area contributed by atoms with E-state index in [1.165, 1.54) is 6.08 Å². The summed E-state index contributed by atoms with van der Waals surface area (Å²) in [6, 6.07) is 0. The van der Waals surface area contributed by atoms with Gasteiger partial charge in [-0.3, -0.25) is 14.4 Å². The van der Waals surface area contributed by atoms with Gasteiger partial charge in [0.1, 0.15) is 17.7 Å². The second kappa shape index (κ2) is 6.61. The van der Waals surface area contributed by atoms with Crippen LogP contribution in [0.3, 0.4) is 0 Å². The highest BCUT2D eigenvalue weighted by Crippen LogP contribution is 2.53. The van der Waals surface area contributed by atoms with Crippen LogP contribution in [0.25, 0.3) is 0 Å². The summed E-state index contributed by atoms with van der Waals surface area (Å²) in [4.78, 5) is 35.3. The summed E-state index contributed by atoms with van der Waals surface area (Å²) in [6.07, 6.45) is 5.31. The molecule has 2 aliphatic heterocycles. The quantitative estimate of drug-likeness (QED) is 0.577. The van der Waals surface area contributed by atoms with Crippen molar-refractivity contribution < 1.29 is 23.9 Å². The van der Waals surface area contributed by atoms with Crippen LogP contribution in [0.2, 0.25) is 0 Å². The SMILES string of the molecule is CC(=O)CC1OC2[C@H]3[C@H](C(=O)C=C(C)[C@@H]13)[C@@H](C)CO[C@@]2(C)/C=C/C=O. The smallest absolute Gasteiger partial charge is 0.159 e. The summed E-state index contributed by atoms with van der Waals surface area (Å²) in [5.74, 6) is 0.0582. The second-order valence-electron chi connectivity index (χ2n) is 7.89. The van der Waals surface area contributed by atoms with Gasteiger partial charge in [0.2, 0.25) is 0 Å². The normalized spacial score (nSPS) is 43.5. The van der Waals surface area contributed by atoms with Crippen molar-refractivity contribution in [2.24, 2.45) is 23.7 Å². The molecule has 0 bridgehead atoms. The van der Waals surface area contributed by atoms with Crippen molar-refractivity contribution in [3.63, 3.8) is 0 Å². The Hall–Kier alpha value is -1.59. The molecular weight excluding hydrogens is 320 g/mol. The number of ketones is 2. The Kier molecular flexibility index (Phi) is 4.82. The van der Waals surface area contributed by atoms with E-state index in [0.717, 1.165) is 11.9 Å². The largest absolute Gasteiger partial charge is 0.370 e. The molecule has 0 aromatic rings. The molecular formula is C20H26O5. The molecule has 2 unspecified atom stereocenters. The molecule has 2 saturated heterocycles. The predicted octanol–water partition coefficient (Wildman–Crippen LogP) is 2.29. The molecule has 0 radical (unpaired) electrons. The number of carbonyl (C=O) groups excluding carboxylic acids is 3. The highest BCUT2D eigenvalue weighted by atomic mass is 16.6. The van der Waals surface area contributed by atoms with Crippen LogP contribution in [0.4, 0.5) is 0 Å². The first-order valence-electron chi connectivity index (χ1n) is 8.92. The fourth-order valence-electron chi connectivity index (χ4n) is 4.92. The third kappa shape index (κ3) is 3.04. The molecule has 3 aliphatic rings. The van der Waals surface area contributed by atoms with Crippen LogP contribution in [0.15, 0.2) is 23.8 Å². The number of Topliss-reactive ketones (excluding diaryl/α,β-unsaturated/α-hetero) is 1. The third-order valence-corrected chi connectivity index (χ3v) is 5.95. The van der Waals surface area contributed by atoms with E-state index in [9.17, 15) is 14.4 Å². The number of aldehydes is 1. The maximum absolute atomic E-state index is 12.7. The maximum atomic E-state index is 12.7. The summed E-state index contributed by atoms with van der Waals surface area (Å²) in [6.45, 7) is 7.87. The molecule has 5 nitrogen and oxygen atoms in total. The molecule has 25 heavy (non-hydrogen) atoms. The molecule has 0 spiro atoms. The fraction of sp³-hybridized carbons (Fsp3) is 0.650. The van der Waals surface area contributed by atoms with Crippen LogP contribution in [-0.2, 0) is 23.9 Å². The number of rotatable bonds is 4. The minimum Gasteiger partial charge on any atom is -0.370 e. The Morgan fingerprint density at radius 2 is 2.12 bits per heavy atom. The Bertz CT molecular complexity index is 648. The van der Waals surface area contributed by atoms with Gasteiger partial charge in [-0.2, -0.15) is 0 Å². The number of hydrogen-bond donors (Lipinski definition) is 0. The van der Waals surface area contributed by atoms with Crippen molar-refractivity contribution in [3.05, 3.63) is 23.8 Å². The summed E-state index contributed by atoms with van der Waals surface area (Å²) in [5, 5.41) is 0. The molecule has 0 aromatic carbocycles. The van der Waals surface area contributed by atoms with Gasteiger partial charge >= 0.3 is 0 Å². The lowest BCUT2D eigenvalue weighted by Crippen LogP contribution is -2.46. The summed E-state index contributed by atoms with van der Waals surface area (Å²) < 4.78 is 12.5. The van der Waals surface area contributed by atoms with E-state index in [-0.39, 0.29) is 47.4 Å². The van der Waals surface area contributed by atoms with Gasteiger partial charge in [-0.1, -0.05) is 12.5 Å². The number of allylic oxidation sites excluding steroid dienone is 2. The molecule has 7 atom stereocenters. The zero-order valence-corrected chi connectivity index (χ0v) is 15.2. The van der Waals surface area contributed by atoms with Crippen LogP contribution >= 0.6 is 0 Å². The summed E-state index contributed by atoms with van der Waals surface area (Å²) in [7, 11) is 0. The maximum Gasteiger partial charge on any atom is 0.159 e. The first-order valence-corrected chi connectivity index (χ1v) is 8.92. The molecule has 136 valence electrons. The lowest BCUT2D eigenvalue weighted by Gasteiger charge is -2.37. The Morgan fingerprint density at radius 1 is 1.40 bits per heavy atom. The van der Waals surface area contributed by atoms with E-state index in [2.05, 4.69) is 0 Å². The predicted molar refractivity (Wildman–Crippen MR) is 91.9 cm³/mol. The Morgan fingerprint density at radius 3 is 2.76 bits per heavy atom. The van der Waals surface area contributed by atoms with Crippen molar-refractivity contribution in [2.45, 2.75) is 51.9 Å². The van der Waals surface area contributed by atoms with Crippen molar-refractivity contribution >= 4 is 17.9 Å². The van der Waals surface area contributed by atoms with E-state index >= 15 is 0 Å². The zero-order valence-electron chi connectivity index (χ0n) is 15.2. The fourth-order valence-corrected chi connectivity index (χ4v) is 4.92. The minimum atomic E-state index is -0.795. The standard InChI is InChI=1S/C20H26O5/c1-11-8-14(23)16-12(2)10-24-20(4,6-5-7-21)19-18(16)17(11)15(25-19)9-13(3)22/h5-8,12,15-19H,9-10H2,1-4H3/b6-5+/t12-,15?,16-,17-,18-,19?,20-/m0/s1. The van der Waals surface area contributed by atoms with Gasteiger partial charge in [0.15, 0.2) is 5.78 Å². The van der Waals surface area contributed by atoms with E-state index in [4.69, 9.17) is 9.47 Å². The molecule has 2 heterocycles. The van der Waals surface area contributed by atoms with Crippen LogP contribution in [-0.4, -0.2) is 42.3 Å². The van der Waals surface area contributed by atoms with Crippen molar-refractivity contribution in [1.29, 1.82) is 0 Å². The summed E-state index contributed by atoms with van der Waals surface area (Å²) >= 11 is 0. The van der Waals surface area contributed by atoms with Gasteiger partial charge in [0.25, 0.3) is 0 Å². The molecule has 0 aromatic heterocycles.